The Morgan fingerprint density at radius 1 is 0.875 bits per heavy atom. The third-order valence-electron chi connectivity index (χ3n) is 4.73. The van der Waals surface area contributed by atoms with Crippen LogP contribution in [0.5, 0.6) is 0 Å². The molecule has 3 rings (SSSR count). The first-order valence-corrected chi connectivity index (χ1v) is 7.88. The van der Waals surface area contributed by atoms with Gasteiger partial charge in [-0.3, -0.25) is 0 Å². The van der Waals surface area contributed by atoms with Crippen molar-refractivity contribution >= 4 is 0 Å². The van der Waals surface area contributed by atoms with E-state index in [2.05, 4.69) is 0 Å². The number of ether oxygens (including phenoxy) is 1. The van der Waals surface area contributed by atoms with Crippen molar-refractivity contribution in [2.24, 2.45) is 0 Å². The topological polar surface area (TPSA) is 90.2 Å². The smallest absolute Gasteiger partial charge is 0.229 e. The number of benzene rings is 2. The number of aryl methyl sites for hydroxylation is 2. The summed E-state index contributed by atoms with van der Waals surface area (Å²) in [5, 5.41) is 42.6. The Hall–Kier alpha value is -1.76. The molecule has 0 bridgehead atoms. The molecule has 2 aromatic carbocycles. The summed E-state index contributed by atoms with van der Waals surface area (Å²) in [5.74, 6) is -2.18. The predicted molar refractivity (Wildman–Crippen MR) is 88.1 cm³/mol. The van der Waals surface area contributed by atoms with Crippen molar-refractivity contribution in [3.63, 3.8) is 0 Å². The minimum absolute atomic E-state index is 0.311. The van der Waals surface area contributed by atoms with Crippen LogP contribution in [-0.2, 0) is 16.1 Å². The van der Waals surface area contributed by atoms with Gasteiger partial charge in [-0.2, -0.15) is 0 Å². The van der Waals surface area contributed by atoms with Crippen molar-refractivity contribution in [1.29, 1.82) is 0 Å². The van der Waals surface area contributed by atoms with Gasteiger partial charge in [0.15, 0.2) is 5.60 Å². The van der Waals surface area contributed by atoms with E-state index in [4.69, 9.17) is 4.74 Å². The quantitative estimate of drug-likeness (QED) is 0.676. The average Bonchev–Trinajstić information content (AvgIpc) is 2.78. The number of hydrogen-bond donors (Lipinski definition) is 4. The molecule has 0 spiro atoms. The Kier molecular flexibility index (Phi) is 4.23. The van der Waals surface area contributed by atoms with Crippen molar-refractivity contribution in [2.45, 2.75) is 37.4 Å². The minimum Gasteiger partial charge on any atom is -0.394 e. The van der Waals surface area contributed by atoms with Crippen LogP contribution in [0.25, 0.3) is 0 Å². The fourth-order valence-electron chi connectivity index (χ4n) is 3.22. The zero-order chi connectivity index (χ0) is 17.5. The van der Waals surface area contributed by atoms with Gasteiger partial charge in [-0.15, -0.1) is 0 Å². The molecule has 0 saturated carbocycles. The van der Waals surface area contributed by atoms with Crippen LogP contribution in [0.3, 0.4) is 0 Å². The van der Waals surface area contributed by atoms with Gasteiger partial charge in [0.1, 0.15) is 12.2 Å². The second-order valence-corrected chi connectivity index (χ2v) is 6.43. The number of aliphatic hydroxyl groups excluding tert-OH is 2. The Morgan fingerprint density at radius 3 is 1.79 bits per heavy atom. The number of rotatable bonds is 3. The molecular weight excluding hydrogens is 308 g/mol. The Labute approximate surface area is 140 Å². The summed E-state index contributed by atoms with van der Waals surface area (Å²) in [6, 6.07) is 13.7. The molecule has 1 aliphatic rings. The summed E-state index contributed by atoms with van der Waals surface area (Å²) in [6.45, 7) is 3.28. The summed E-state index contributed by atoms with van der Waals surface area (Å²) < 4.78 is 5.54. The molecule has 1 aliphatic heterocycles. The molecule has 1 heterocycles. The first kappa shape index (κ1) is 17.1. The van der Waals surface area contributed by atoms with Gasteiger partial charge in [0.25, 0.3) is 0 Å². The molecule has 0 amide bonds. The fraction of sp³-hybridized carbons (Fsp3) is 0.368. The van der Waals surface area contributed by atoms with E-state index in [-0.39, 0.29) is 0 Å². The van der Waals surface area contributed by atoms with Crippen LogP contribution in [0, 0.1) is 13.8 Å². The largest absolute Gasteiger partial charge is 0.394 e. The molecule has 128 valence electrons. The zero-order valence-electron chi connectivity index (χ0n) is 13.7. The lowest BCUT2D eigenvalue weighted by atomic mass is 9.78. The van der Waals surface area contributed by atoms with E-state index in [1.165, 1.54) is 0 Å². The highest BCUT2D eigenvalue weighted by Crippen LogP contribution is 2.51. The zero-order valence-corrected chi connectivity index (χ0v) is 13.7. The highest BCUT2D eigenvalue weighted by atomic mass is 16.7. The molecule has 0 radical (unpaired) electrons. The van der Waals surface area contributed by atoms with E-state index in [0.717, 1.165) is 11.1 Å². The van der Waals surface area contributed by atoms with Crippen LogP contribution in [-0.4, -0.2) is 39.2 Å². The van der Waals surface area contributed by atoms with Crippen molar-refractivity contribution < 1.29 is 25.2 Å². The summed E-state index contributed by atoms with van der Waals surface area (Å²) in [6.07, 6.45) is -2.60. The number of hydrogen-bond acceptors (Lipinski definition) is 5. The highest BCUT2D eigenvalue weighted by Gasteiger charge is 2.66. The molecule has 2 aromatic rings. The SMILES string of the molecule is Cc1ccc(C2(O)O[C@H](CO)[C@@H](O)[C@]2(O)c2ccc(C)cc2)cc1. The molecule has 4 atom stereocenters. The monoisotopic (exact) mass is 330 g/mol. The molecular formula is C19H22O5. The molecule has 0 aromatic heterocycles. The Morgan fingerprint density at radius 2 is 1.33 bits per heavy atom. The minimum atomic E-state index is -2.18. The normalized spacial score (nSPS) is 32.9. The molecule has 4 N–H and O–H groups in total. The number of aliphatic hydroxyl groups is 4. The highest BCUT2D eigenvalue weighted by molar-refractivity contribution is 5.37. The van der Waals surface area contributed by atoms with Gasteiger partial charge in [-0.25, -0.2) is 0 Å². The maximum absolute atomic E-state index is 11.3. The van der Waals surface area contributed by atoms with Gasteiger partial charge in [0.05, 0.1) is 6.61 Å². The van der Waals surface area contributed by atoms with Crippen LogP contribution in [0.15, 0.2) is 48.5 Å². The fourth-order valence-corrected chi connectivity index (χ4v) is 3.22. The molecule has 0 aliphatic carbocycles. The summed E-state index contributed by atoms with van der Waals surface area (Å²) in [5.41, 5.74) is 0.487. The van der Waals surface area contributed by atoms with Crippen LogP contribution in [0.1, 0.15) is 22.3 Å². The Balaban J connectivity index is 2.17. The standard InChI is InChI=1S/C19H22O5/c1-12-3-7-14(8-4-12)18(22)17(21)16(11-20)24-19(18,23)15-9-5-13(2)6-10-15/h3-10,16-17,20-23H,11H2,1-2H3/t16-,17-,18-,19?/m1/s1. The maximum atomic E-state index is 11.3. The van der Waals surface area contributed by atoms with Crippen molar-refractivity contribution in [2.75, 3.05) is 6.61 Å². The third kappa shape index (κ3) is 2.37. The van der Waals surface area contributed by atoms with Crippen LogP contribution in [0.4, 0.5) is 0 Å². The second-order valence-electron chi connectivity index (χ2n) is 6.43. The van der Waals surface area contributed by atoms with Crippen molar-refractivity contribution in [3.05, 3.63) is 70.8 Å². The van der Waals surface area contributed by atoms with E-state index >= 15 is 0 Å². The van der Waals surface area contributed by atoms with E-state index in [1.54, 1.807) is 48.5 Å². The van der Waals surface area contributed by atoms with Gasteiger partial charge < -0.3 is 25.2 Å². The van der Waals surface area contributed by atoms with Gasteiger partial charge in [0.2, 0.25) is 5.79 Å². The summed E-state index contributed by atoms with van der Waals surface area (Å²) in [7, 11) is 0. The van der Waals surface area contributed by atoms with Gasteiger partial charge in [0, 0.05) is 5.56 Å². The maximum Gasteiger partial charge on any atom is 0.229 e. The third-order valence-corrected chi connectivity index (χ3v) is 4.73. The summed E-state index contributed by atoms with van der Waals surface area (Å²) in [4.78, 5) is 0. The molecule has 1 unspecified atom stereocenters. The first-order valence-electron chi connectivity index (χ1n) is 7.88. The van der Waals surface area contributed by atoms with E-state index in [9.17, 15) is 20.4 Å². The van der Waals surface area contributed by atoms with Crippen molar-refractivity contribution in [1.82, 2.24) is 0 Å². The lowest BCUT2D eigenvalue weighted by Gasteiger charge is -2.38. The lowest BCUT2D eigenvalue weighted by Crippen LogP contribution is -2.52. The second kappa shape index (κ2) is 5.95. The van der Waals surface area contributed by atoms with Crippen molar-refractivity contribution in [3.8, 4) is 0 Å². The van der Waals surface area contributed by atoms with E-state index in [0.29, 0.717) is 11.1 Å². The summed E-state index contributed by atoms with van der Waals surface area (Å²) >= 11 is 0. The Bertz CT molecular complexity index is 712. The molecule has 5 heteroatoms. The van der Waals surface area contributed by atoms with Crippen LogP contribution in [0.2, 0.25) is 0 Å². The predicted octanol–water partition coefficient (Wildman–Crippen LogP) is 1.09. The first-order chi connectivity index (χ1) is 11.3. The molecule has 1 saturated heterocycles. The average molecular weight is 330 g/mol. The lowest BCUT2D eigenvalue weighted by molar-refractivity contribution is -0.284. The van der Waals surface area contributed by atoms with E-state index in [1.807, 2.05) is 13.8 Å². The molecule has 24 heavy (non-hydrogen) atoms. The van der Waals surface area contributed by atoms with Gasteiger partial charge >= 0.3 is 0 Å². The molecule has 1 fully saturated rings. The van der Waals surface area contributed by atoms with Gasteiger partial charge in [-0.05, 0) is 19.4 Å². The van der Waals surface area contributed by atoms with Gasteiger partial charge in [-0.1, -0.05) is 59.7 Å². The molecule has 5 nitrogen and oxygen atoms in total. The van der Waals surface area contributed by atoms with Crippen LogP contribution >= 0.6 is 0 Å². The van der Waals surface area contributed by atoms with Crippen LogP contribution < -0.4 is 0 Å². The van der Waals surface area contributed by atoms with E-state index < -0.39 is 30.2 Å².